The summed E-state index contributed by atoms with van der Waals surface area (Å²) >= 11 is 0. The lowest BCUT2D eigenvalue weighted by molar-refractivity contribution is -0.333. The van der Waals surface area contributed by atoms with Crippen molar-refractivity contribution in [3.8, 4) is 0 Å². The van der Waals surface area contributed by atoms with E-state index in [1.165, 1.54) is 13.8 Å². The fourth-order valence-electron chi connectivity index (χ4n) is 6.39. The summed E-state index contributed by atoms with van der Waals surface area (Å²) in [5.74, 6) is -7.12. The molecule has 2 rings (SSSR count). The minimum Gasteiger partial charge on any atom is -0.480 e. The van der Waals surface area contributed by atoms with Gasteiger partial charge in [-0.1, -0.05) is 0 Å². The maximum atomic E-state index is 13.4. The Labute approximate surface area is 350 Å². The molecule has 348 valence electrons. The normalized spacial score (nSPS) is 28.2. The summed E-state index contributed by atoms with van der Waals surface area (Å²) in [6.45, 7) is 2.59. The zero-order chi connectivity index (χ0) is 46.1. The molecular weight excluding hydrogens is 820 g/mol. The number of carboxylic acid groups (broad SMARTS) is 1. The molecule has 2 aliphatic heterocycles. The number of carboxylic acids is 1. The van der Waals surface area contributed by atoms with Crippen LogP contribution in [-0.4, -0.2) is 190 Å². The molecule has 14 unspecified atom stereocenters. The van der Waals surface area contributed by atoms with E-state index in [4.69, 9.17) is 35.5 Å². The highest BCUT2D eigenvalue weighted by atomic mass is 16.7. The third kappa shape index (κ3) is 16.3. The van der Waals surface area contributed by atoms with Crippen LogP contribution in [0.15, 0.2) is 0 Å². The van der Waals surface area contributed by atoms with E-state index in [1.807, 2.05) is 0 Å². The summed E-state index contributed by atoms with van der Waals surface area (Å²) in [5.41, 5.74) is 11.0. The molecule has 7 amide bonds. The van der Waals surface area contributed by atoms with Gasteiger partial charge in [-0.15, -0.1) is 0 Å². The van der Waals surface area contributed by atoms with E-state index in [0.717, 1.165) is 13.8 Å². The number of aliphatic carboxylic acids is 1. The minimum atomic E-state index is -1.87. The standard InChI is InChI=1S/C35H60N8O18/c1-14(31(54)43-18(30(37)53)8-9-22(48)42-19(7-5-6-10-36)33(56)38-11-23(49)50)39-32(55)15(2)58-29-25(41-17(4)47)34(57)59-21(13-45)28(29)61-35-24(40-16(3)46)27(52)26(51)20(12-44)60-35/h14-15,18-21,24-29,34-35,44-45,51-52,57H,5-13,36H2,1-4H3,(H2,37,53)(H,38,56)(H,39,55)(H,40,46)(H,41,47)(H,42,48)(H,43,54)(H,49,50). The Bertz CT molecular complexity index is 1530. The zero-order valence-corrected chi connectivity index (χ0v) is 34.2. The minimum absolute atomic E-state index is 0.136. The predicted molar refractivity (Wildman–Crippen MR) is 204 cm³/mol. The predicted octanol–water partition coefficient (Wildman–Crippen LogP) is -7.63. The number of unbranched alkanes of at least 4 members (excludes halogenated alkanes) is 1. The number of rotatable bonds is 24. The van der Waals surface area contributed by atoms with Crippen LogP contribution in [0.3, 0.4) is 0 Å². The van der Waals surface area contributed by atoms with Gasteiger partial charge in [-0.05, 0) is 46.1 Å². The molecule has 26 heteroatoms. The van der Waals surface area contributed by atoms with Crippen LogP contribution < -0.4 is 43.4 Å². The lowest BCUT2D eigenvalue weighted by Crippen LogP contribution is -2.70. The maximum Gasteiger partial charge on any atom is 0.322 e. The quantitative estimate of drug-likeness (QED) is 0.0400. The largest absolute Gasteiger partial charge is 0.480 e. The van der Waals surface area contributed by atoms with Gasteiger partial charge in [0.2, 0.25) is 41.4 Å². The molecule has 61 heavy (non-hydrogen) atoms. The van der Waals surface area contributed by atoms with Crippen molar-refractivity contribution in [1.29, 1.82) is 0 Å². The van der Waals surface area contributed by atoms with Crippen molar-refractivity contribution in [2.45, 2.75) is 145 Å². The summed E-state index contributed by atoms with van der Waals surface area (Å²) in [4.78, 5) is 99.2. The number of carbonyl (C=O) groups is 8. The molecule has 2 aliphatic rings. The second kappa shape index (κ2) is 25.3. The molecule has 2 saturated heterocycles. The fraction of sp³-hybridized carbons (Fsp3) is 0.771. The van der Waals surface area contributed by atoms with Crippen molar-refractivity contribution in [2.24, 2.45) is 11.5 Å². The Morgan fingerprint density at radius 1 is 0.738 bits per heavy atom. The highest BCUT2D eigenvalue weighted by molar-refractivity contribution is 5.93. The topological polar surface area (TPSA) is 419 Å². The molecule has 0 aromatic carbocycles. The van der Waals surface area contributed by atoms with Crippen LogP contribution in [0.25, 0.3) is 0 Å². The molecular formula is C35H60N8O18. The van der Waals surface area contributed by atoms with Crippen molar-refractivity contribution in [2.75, 3.05) is 26.3 Å². The number of hydrogen-bond donors (Lipinski definition) is 14. The molecule has 0 spiro atoms. The second-order valence-corrected chi connectivity index (χ2v) is 14.5. The van der Waals surface area contributed by atoms with Crippen molar-refractivity contribution in [3.05, 3.63) is 0 Å². The molecule has 0 saturated carbocycles. The molecule has 0 aromatic rings. The summed E-state index contributed by atoms with van der Waals surface area (Å²) in [6, 6.07) is -6.94. The van der Waals surface area contributed by atoms with Crippen LogP contribution in [0.4, 0.5) is 0 Å². The van der Waals surface area contributed by atoms with Gasteiger partial charge >= 0.3 is 5.97 Å². The first-order valence-corrected chi connectivity index (χ1v) is 19.5. The lowest BCUT2D eigenvalue weighted by Gasteiger charge is -2.48. The lowest BCUT2D eigenvalue weighted by atomic mass is 9.94. The number of primary amides is 1. The van der Waals surface area contributed by atoms with Crippen molar-refractivity contribution in [3.63, 3.8) is 0 Å². The molecule has 26 nitrogen and oxygen atoms in total. The van der Waals surface area contributed by atoms with E-state index in [9.17, 15) is 63.9 Å². The van der Waals surface area contributed by atoms with Crippen LogP contribution in [-0.2, 0) is 57.3 Å². The number of carbonyl (C=O) groups excluding carboxylic acids is 7. The van der Waals surface area contributed by atoms with Gasteiger partial charge in [-0.25, -0.2) is 0 Å². The Kier molecular flexibility index (Phi) is 21.8. The number of nitrogens with two attached hydrogens (primary N) is 2. The number of ether oxygens (including phenoxy) is 4. The molecule has 2 fully saturated rings. The van der Waals surface area contributed by atoms with Crippen LogP contribution >= 0.6 is 0 Å². The van der Waals surface area contributed by atoms with Crippen LogP contribution in [0, 0.1) is 0 Å². The van der Waals surface area contributed by atoms with Gasteiger partial charge in [-0.3, -0.25) is 38.4 Å². The molecule has 2 heterocycles. The maximum absolute atomic E-state index is 13.4. The van der Waals surface area contributed by atoms with E-state index >= 15 is 0 Å². The van der Waals surface area contributed by atoms with Gasteiger partial charge in [0.1, 0.15) is 79.5 Å². The smallest absolute Gasteiger partial charge is 0.322 e. The molecule has 14 atom stereocenters. The van der Waals surface area contributed by atoms with Gasteiger partial charge in [0.05, 0.1) is 13.2 Å². The summed E-state index contributed by atoms with van der Waals surface area (Å²) in [6.07, 6.45) is -14.3. The molecule has 0 aromatic heterocycles. The van der Waals surface area contributed by atoms with Crippen molar-refractivity contribution < 1.29 is 87.9 Å². The van der Waals surface area contributed by atoms with Crippen molar-refractivity contribution >= 4 is 47.3 Å². The summed E-state index contributed by atoms with van der Waals surface area (Å²) in [7, 11) is 0. The van der Waals surface area contributed by atoms with Crippen LogP contribution in [0.1, 0.15) is 59.8 Å². The molecule has 0 radical (unpaired) electrons. The zero-order valence-electron chi connectivity index (χ0n) is 34.2. The van der Waals surface area contributed by atoms with E-state index in [0.29, 0.717) is 19.4 Å². The summed E-state index contributed by atoms with van der Waals surface area (Å²) in [5, 5.41) is 75.0. The Morgan fingerprint density at radius 3 is 1.92 bits per heavy atom. The number of amides is 7. The average Bonchev–Trinajstić information content (AvgIpc) is 3.19. The first kappa shape index (κ1) is 52.5. The van der Waals surface area contributed by atoms with Gasteiger partial charge in [0.25, 0.3) is 0 Å². The molecule has 0 bridgehead atoms. The number of aliphatic hydroxyl groups excluding tert-OH is 5. The third-order valence-corrected chi connectivity index (χ3v) is 9.57. The van der Waals surface area contributed by atoms with E-state index in [-0.39, 0.29) is 12.8 Å². The van der Waals surface area contributed by atoms with E-state index in [2.05, 4.69) is 31.9 Å². The number of aliphatic hydroxyl groups is 5. The Hall–Kier alpha value is -4.64. The average molecular weight is 881 g/mol. The van der Waals surface area contributed by atoms with Gasteiger partial charge in [-0.2, -0.15) is 0 Å². The second-order valence-electron chi connectivity index (χ2n) is 14.5. The van der Waals surface area contributed by atoms with E-state index in [1.54, 1.807) is 0 Å². The Morgan fingerprint density at radius 2 is 1.36 bits per heavy atom. The number of nitrogens with one attached hydrogen (secondary N) is 6. The molecule has 16 N–H and O–H groups in total. The molecule has 0 aliphatic carbocycles. The van der Waals surface area contributed by atoms with Gasteiger partial charge < -0.3 is 93.0 Å². The summed E-state index contributed by atoms with van der Waals surface area (Å²) < 4.78 is 23.1. The first-order chi connectivity index (χ1) is 28.6. The third-order valence-electron chi connectivity index (χ3n) is 9.57. The Balaban J connectivity index is 2.21. The van der Waals surface area contributed by atoms with Gasteiger partial charge in [0, 0.05) is 20.3 Å². The number of hydrogen-bond acceptors (Lipinski definition) is 18. The first-order valence-electron chi connectivity index (χ1n) is 19.5. The van der Waals surface area contributed by atoms with Crippen molar-refractivity contribution in [1.82, 2.24) is 31.9 Å². The van der Waals surface area contributed by atoms with E-state index < -0.39 is 159 Å². The van der Waals surface area contributed by atoms with Gasteiger partial charge in [0.15, 0.2) is 12.6 Å². The van der Waals surface area contributed by atoms with Crippen LogP contribution in [0.2, 0.25) is 0 Å². The monoisotopic (exact) mass is 880 g/mol. The SMILES string of the molecule is CC(=O)NC1C(OC2C(CO)OC(O)C(NC(C)=O)C2OC(C)C(=O)NC(C)C(=O)NC(CCC(=O)NC(CCCCN)C(=O)NCC(=O)O)C(N)=O)OC(CO)C(O)C1O. The highest BCUT2D eigenvalue weighted by Crippen LogP contribution is 2.31. The fourth-order valence-corrected chi connectivity index (χ4v) is 6.39. The highest BCUT2D eigenvalue weighted by Gasteiger charge is 2.53. The van der Waals surface area contributed by atoms with Crippen LogP contribution in [0.5, 0.6) is 0 Å².